The summed E-state index contributed by atoms with van der Waals surface area (Å²) >= 11 is 0. The number of rotatable bonds is 7. The normalized spacial score (nSPS) is 15.2. The number of carbonyl (C=O) groups is 1. The van der Waals surface area contributed by atoms with Crippen molar-refractivity contribution < 1.29 is 9.53 Å². The monoisotopic (exact) mass is 374 g/mol. The number of hydrogen-bond acceptors (Lipinski definition) is 3. The SMILES string of the molecule is CCNC(=NCCc1ccc(OCC(C)C)cc1)N1CCN(C(C)=O)CC1. The van der Waals surface area contributed by atoms with Crippen LogP contribution in [0.1, 0.15) is 33.3 Å². The predicted octanol–water partition coefficient (Wildman–Crippen LogP) is 2.39. The first-order chi connectivity index (χ1) is 13.0. The van der Waals surface area contributed by atoms with Gasteiger partial charge in [0.05, 0.1) is 6.61 Å². The summed E-state index contributed by atoms with van der Waals surface area (Å²) in [5.74, 6) is 2.54. The highest BCUT2D eigenvalue weighted by molar-refractivity contribution is 5.80. The second-order valence-electron chi connectivity index (χ2n) is 7.33. The lowest BCUT2D eigenvalue weighted by atomic mass is 10.1. The number of hydrogen-bond donors (Lipinski definition) is 1. The van der Waals surface area contributed by atoms with Gasteiger partial charge in [-0.1, -0.05) is 26.0 Å². The number of guanidine groups is 1. The Morgan fingerprint density at radius 1 is 1.15 bits per heavy atom. The van der Waals surface area contributed by atoms with E-state index in [0.29, 0.717) is 5.92 Å². The van der Waals surface area contributed by atoms with Crippen LogP contribution in [0.15, 0.2) is 29.3 Å². The molecule has 0 aromatic heterocycles. The van der Waals surface area contributed by atoms with Gasteiger partial charge < -0.3 is 19.9 Å². The smallest absolute Gasteiger partial charge is 0.219 e. The largest absolute Gasteiger partial charge is 0.493 e. The first-order valence-electron chi connectivity index (χ1n) is 10.00. The van der Waals surface area contributed by atoms with E-state index in [1.807, 2.05) is 17.0 Å². The number of nitrogens with one attached hydrogen (secondary N) is 1. The number of nitrogens with zero attached hydrogens (tertiary/aromatic N) is 3. The summed E-state index contributed by atoms with van der Waals surface area (Å²) in [6.07, 6.45) is 0.896. The Morgan fingerprint density at radius 2 is 1.78 bits per heavy atom. The van der Waals surface area contributed by atoms with Crippen LogP contribution < -0.4 is 10.1 Å². The van der Waals surface area contributed by atoms with Gasteiger partial charge in [-0.3, -0.25) is 9.79 Å². The number of ether oxygens (including phenoxy) is 1. The summed E-state index contributed by atoms with van der Waals surface area (Å²) in [4.78, 5) is 20.4. The maximum Gasteiger partial charge on any atom is 0.219 e. The molecule has 1 saturated heterocycles. The fourth-order valence-electron chi connectivity index (χ4n) is 2.97. The van der Waals surface area contributed by atoms with E-state index < -0.39 is 0 Å². The van der Waals surface area contributed by atoms with Crippen LogP contribution >= 0.6 is 0 Å². The van der Waals surface area contributed by atoms with E-state index in [2.05, 4.69) is 43.1 Å². The predicted molar refractivity (Wildman–Crippen MR) is 110 cm³/mol. The van der Waals surface area contributed by atoms with Crippen molar-refractivity contribution in [1.29, 1.82) is 0 Å². The van der Waals surface area contributed by atoms with Gasteiger partial charge in [0.15, 0.2) is 5.96 Å². The minimum absolute atomic E-state index is 0.150. The Bertz CT molecular complexity index is 605. The molecule has 27 heavy (non-hydrogen) atoms. The van der Waals surface area contributed by atoms with Crippen molar-refractivity contribution in [2.24, 2.45) is 10.9 Å². The molecule has 0 spiro atoms. The van der Waals surface area contributed by atoms with E-state index in [9.17, 15) is 4.79 Å². The number of amides is 1. The van der Waals surface area contributed by atoms with Crippen molar-refractivity contribution in [3.8, 4) is 5.75 Å². The first kappa shape index (κ1) is 21.1. The third-order valence-electron chi connectivity index (χ3n) is 4.53. The Balaban J connectivity index is 1.85. The Hall–Kier alpha value is -2.24. The van der Waals surface area contributed by atoms with Crippen LogP contribution in [0.25, 0.3) is 0 Å². The fourth-order valence-corrected chi connectivity index (χ4v) is 2.97. The molecule has 1 fully saturated rings. The van der Waals surface area contributed by atoms with Gasteiger partial charge in [0, 0.05) is 46.2 Å². The zero-order valence-corrected chi connectivity index (χ0v) is 17.2. The average molecular weight is 375 g/mol. The highest BCUT2D eigenvalue weighted by Gasteiger charge is 2.20. The van der Waals surface area contributed by atoms with Crippen LogP contribution in [0.2, 0.25) is 0 Å². The van der Waals surface area contributed by atoms with E-state index in [1.54, 1.807) is 6.92 Å². The van der Waals surface area contributed by atoms with Crippen molar-refractivity contribution in [2.45, 2.75) is 34.1 Å². The molecule has 1 heterocycles. The zero-order chi connectivity index (χ0) is 19.6. The van der Waals surface area contributed by atoms with Gasteiger partial charge in [-0.15, -0.1) is 0 Å². The summed E-state index contributed by atoms with van der Waals surface area (Å²) in [6, 6.07) is 8.30. The summed E-state index contributed by atoms with van der Waals surface area (Å²) in [7, 11) is 0. The standard InChI is InChI=1S/C21H34N4O2/c1-5-22-21(25-14-12-24(13-15-25)18(4)26)23-11-10-19-6-8-20(9-7-19)27-16-17(2)3/h6-9,17H,5,10-16H2,1-4H3,(H,22,23). The first-order valence-corrected chi connectivity index (χ1v) is 10.00. The van der Waals surface area contributed by atoms with Crippen molar-refractivity contribution in [2.75, 3.05) is 45.9 Å². The second-order valence-corrected chi connectivity index (χ2v) is 7.33. The number of piperazine rings is 1. The molecule has 1 aliphatic rings. The zero-order valence-electron chi connectivity index (χ0n) is 17.2. The van der Waals surface area contributed by atoms with Gasteiger partial charge >= 0.3 is 0 Å². The molecule has 6 nitrogen and oxygen atoms in total. The molecule has 150 valence electrons. The Kier molecular flexibility index (Phi) is 8.43. The molecule has 0 aliphatic carbocycles. The van der Waals surface area contributed by atoms with Gasteiger partial charge in [-0.2, -0.15) is 0 Å². The lowest BCUT2D eigenvalue weighted by molar-refractivity contribution is -0.130. The van der Waals surface area contributed by atoms with Crippen LogP contribution in [-0.2, 0) is 11.2 Å². The molecule has 0 saturated carbocycles. The van der Waals surface area contributed by atoms with E-state index >= 15 is 0 Å². The van der Waals surface area contributed by atoms with Crippen molar-refractivity contribution in [1.82, 2.24) is 15.1 Å². The maximum absolute atomic E-state index is 11.5. The van der Waals surface area contributed by atoms with Crippen LogP contribution in [0.3, 0.4) is 0 Å². The summed E-state index contributed by atoms with van der Waals surface area (Å²) in [5.41, 5.74) is 1.26. The summed E-state index contributed by atoms with van der Waals surface area (Å²) in [5, 5.41) is 3.37. The van der Waals surface area contributed by atoms with Gasteiger partial charge in [0.1, 0.15) is 5.75 Å². The van der Waals surface area contributed by atoms with Crippen molar-refractivity contribution >= 4 is 11.9 Å². The van der Waals surface area contributed by atoms with Crippen LogP contribution in [-0.4, -0.2) is 67.5 Å². The van der Waals surface area contributed by atoms with Crippen molar-refractivity contribution in [3.63, 3.8) is 0 Å². The van der Waals surface area contributed by atoms with Crippen LogP contribution in [0.5, 0.6) is 5.75 Å². The molecule has 1 amide bonds. The van der Waals surface area contributed by atoms with Crippen LogP contribution in [0.4, 0.5) is 0 Å². The molecule has 0 unspecified atom stereocenters. The fraction of sp³-hybridized carbons (Fsp3) is 0.619. The van der Waals surface area contributed by atoms with E-state index in [-0.39, 0.29) is 5.91 Å². The van der Waals surface area contributed by atoms with Crippen LogP contribution in [0, 0.1) is 5.92 Å². The molecule has 1 N–H and O–H groups in total. The molecular formula is C21H34N4O2. The number of carbonyl (C=O) groups excluding carboxylic acids is 1. The summed E-state index contributed by atoms with van der Waals surface area (Å²) in [6.45, 7) is 13.5. The van der Waals surface area contributed by atoms with Gasteiger partial charge in [-0.05, 0) is 37.0 Å². The second kappa shape index (κ2) is 10.8. The van der Waals surface area contributed by atoms with E-state index in [0.717, 1.165) is 64.0 Å². The van der Waals surface area contributed by atoms with Gasteiger partial charge in [0.2, 0.25) is 5.91 Å². The maximum atomic E-state index is 11.5. The molecule has 2 rings (SSSR count). The number of aliphatic imine (C=N–C) groups is 1. The number of benzene rings is 1. The van der Waals surface area contributed by atoms with E-state index in [4.69, 9.17) is 9.73 Å². The molecule has 1 aromatic rings. The third kappa shape index (κ3) is 7.12. The molecule has 6 heteroatoms. The Morgan fingerprint density at radius 3 is 2.33 bits per heavy atom. The highest BCUT2D eigenvalue weighted by atomic mass is 16.5. The molecule has 0 bridgehead atoms. The third-order valence-corrected chi connectivity index (χ3v) is 4.53. The summed E-state index contributed by atoms with van der Waals surface area (Å²) < 4.78 is 5.73. The lowest BCUT2D eigenvalue weighted by Gasteiger charge is -2.36. The molecule has 1 aliphatic heterocycles. The molecule has 1 aromatic carbocycles. The molecule has 0 radical (unpaired) electrons. The minimum Gasteiger partial charge on any atom is -0.493 e. The average Bonchev–Trinajstić information content (AvgIpc) is 2.66. The van der Waals surface area contributed by atoms with Crippen molar-refractivity contribution in [3.05, 3.63) is 29.8 Å². The highest BCUT2D eigenvalue weighted by Crippen LogP contribution is 2.14. The van der Waals surface area contributed by atoms with Gasteiger partial charge in [-0.25, -0.2) is 0 Å². The lowest BCUT2D eigenvalue weighted by Crippen LogP contribution is -2.53. The molecule has 0 atom stereocenters. The Labute approximate surface area is 163 Å². The minimum atomic E-state index is 0.150. The van der Waals surface area contributed by atoms with E-state index in [1.165, 1.54) is 5.56 Å². The van der Waals surface area contributed by atoms with Gasteiger partial charge in [0.25, 0.3) is 0 Å². The molecular weight excluding hydrogens is 340 g/mol. The quantitative estimate of drug-likeness (QED) is 0.588. The topological polar surface area (TPSA) is 57.2 Å².